The van der Waals surface area contributed by atoms with Gasteiger partial charge in [-0.25, -0.2) is 9.78 Å². The van der Waals surface area contributed by atoms with Crippen LogP contribution in [0.25, 0.3) is 0 Å². The molecule has 7 heteroatoms. The van der Waals surface area contributed by atoms with Gasteiger partial charge in [0.2, 0.25) is 0 Å². The molecule has 2 rings (SSSR count). The molecule has 1 saturated heterocycles. The van der Waals surface area contributed by atoms with Gasteiger partial charge < -0.3 is 14.5 Å². The first-order chi connectivity index (χ1) is 11.2. The standard InChI is InChI=1S/C17H29N3O3Si/c1-17(2,3)24(4,5)23-14-6-7-15(18-12-14)20-16(21)19-13-8-10-22-11-9-13/h6-7,12-13H,8-11H2,1-5H3,(H2,18,19,20,21). The van der Waals surface area contributed by atoms with Crippen molar-refractivity contribution in [2.45, 2.75) is 57.8 Å². The zero-order chi connectivity index (χ0) is 17.8. The van der Waals surface area contributed by atoms with Crippen molar-refractivity contribution in [3.8, 4) is 5.75 Å². The van der Waals surface area contributed by atoms with E-state index in [1.165, 1.54) is 0 Å². The quantitative estimate of drug-likeness (QED) is 0.810. The van der Waals surface area contributed by atoms with Crippen LogP contribution in [0.15, 0.2) is 18.3 Å². The molecule has 0 saturated carbocycles. The van der Waals surface area contributed by atoms with Gasteiger partial charge in [0.25, 0.3) is 8.32 Å². The molecule has 0 aromatic carbocycles. The molecular formula is C17H29N3O3Si. The summed E-state index contributed by atoms with van der Waals surface area (Å²) >= 11 is 0. The van der Waals surface area contributed by atoms with Crippen LogP contribution >= 0.6 is 0 Å². The SMILES string of the molecule is CC(C)(C)[Si](C)(C)Oc1ccc(NC(=O)NC2CCOCC2)nc1. The van der Waals surface area contributed by atoms with Crippen LogP contribution in [-0.2, 0) is 4.74 Å². The lowest BCUT2D eigenvalue weighted by atomic mass is 10.1. The molecule has 0 aliphatic carbocycles. The van der Waals surface area contributed by atoms with E-state index in [9.17, 15) is 4.79 Å². The van der Waals surface area contributed by atoms with Crippen molar-refractivity contribution in [3.05, 3.63) is 18.3 Å². The minimum Gasteiger partial charge on any atom is -0.542 e. The van der Waals surface area contributed by atoms with Crippen molar-refractivity contribution in [2.75, 3.05) is 18.5 Å². The Morgan fingerprint density at radius 2 is 1.96 bits per heavy atom. The van der Waals surface area contributed by atoms with Gasteiger partial charge in [0.1, 0.15) is 11.6 Å². The van der Waals surface area contributed by atoms with E-state index >= 15 is 0 Å². The van der Waals surface area contributed by atoms with Gasteiger partial charge in [-0.2, -0.15) is 0 Å². The van der Waals surface area contributed by atoms with Crippen molar-refractivity contribution in [2.24, 2.45) is 0 Å². The number of aromatic nitrogens is 1. The van der Waals surface area contributed by atoms with E-state index in [4.69, 9.17) is 9.16 Å². The van der Waals surface area contributed by atoms with E-state index in [0.717, 1.165) is 18.6 Å². The largest absolute Gasteiger partial charge is 0.542 e. The number of nitrogens with zero attached hydrogens (tertiary/aromatic N) is 1. The van der Waals surface area contributed by atoms with Crippen molar-refractivity contribution in [1.29, 1.82) is 0 Å². The van der Waals surface area contributed by atoms with Gasteiger partial charge >= 0.3 is 6.03 Å². The predicted molar refractivity (Wildman–Crippen MR) is 98.1 cm³/mol. The average molecular weight is 352 g/mol. The Kier molecular flexibility index (Phi) is 5.87. The summed E-state index contributed by atoms with van der Waals surface area (Å²) in [7, 11) is -1.88. The van der Waals surface area contributed by atoms with E-state index in [-0.39, 0.29) is 17.1 Å². The molecule has 0 bridgehead atoms. The Hall–Kier alpha value is -1.60. The molecule has 0 unspecified atom stereocenters. The van der Waals surface area contributed by atoms with Crippen LogP contribution in [0.2, 0.25) is 18.1 Å². The molecular weight excluding hydrogens is 322 g/mol. The van der Waals surface area contributed by atoms with E-state index < -0.39 is 8.32 Å². The molecule has 2 amide bonds. The summed E-state index contributed by atoms with van der Waals surface area (Å²) in [5, 5.41) is 5.84. The number of rotatable bonds is 4. The number of carbonyl (C=O) groups excluding carboxylic acids is 1. The van der Waals surface area contributed by atoms with Gasteiger partial charge in [0.15, 0.2) is 0 Å². The summed E-state index contributed by atoms with van der Waals surface area (Å²) < 4.78 is 11.5. The highest BCUT2D eigenvalue weighted by Crippen LogP contribution is 2.37. The Bertz CT molecular complexity index is 549. The minimum absolute atomic E-state index is 0.132. The second-order valence-electron chi connectivity index (χ2n) is 7.73. The van der Waals surface area contributed by atoms with Gasteiger partial charge in [-0.1, -0.05) is 20.8 Å². The highest BCUT2D eigenvalue weighted by Gasteiger charge is 2.39. The van der Waals surface area contributed by atoms with Crippen LogP contribution in [0.5, 0.6) is 5.75 Å². The number of nitrogens with one attached hydrogen (secondary N) is 2. The number of amides is 2. The third-order valence-corrected chi connectivity index (χ3v) is 9.07. The molecule has 1 aliphatic rings. The normalized spacial score (nSPS) is 16.5. The fourth-order valence-corrected chi connectivity index (χ4v) is 3.16. The molecule has 0 atom stereocenters. The van der Waals surface area contributed by atoms with E-state index in [2.05, 4.69) is 49.5 Å². The molecule has 1 fully saturated rings. The minimum atomic E-state index is -1.88. The Labute approximate surface area is 145 Å². The van der Waals surface area contributed by atoms with Gasteiger partial charge in [0.05, 0.1) is 6.20 Å². The van der Waals surface area contributed by atoms with Crippen LogP contribution in [0.4, 0.5) is 10.6 Å². The fraction of sp³-hybridized carbons (Fsp3) is 0.647. The third-order valence-electron chi connectivity index (χ3n) is 4.71. The average Bonchev–Trinajstić information content (AvgIpc) is 2.49. The number of pyridine rings is 1. The van der Waals surface area contributed by atoms with E-state index in [1.807, 2.05) is 6.07 Å². The highest BCUT2D eigenvalue weighted by molar-refractivity contribution is 6.74. The van der Waals surface area contributed by atoms with Crippen molar-refractivity contribution in [3.63, 3.8) is 0 Å². The smallest absolute Gasteiger partial charge is 0.320 e. The molecule has 6 nitrogen and oxygen atoms in total. The van der Waals surface area contributed by atoms with Crippen LogP contribution in [0.1, 0.15) is 33.6 Å². The van der Waals surface area contributed by atoms with E-state index in [0.29, 0.717) is 19.0 Å². The fourth-order valence-electron chi connectivity index (χ4n) is 2.14. The number of urea groups is 1. The van der Waals surface area contributed by atoms with Crippen LogP contribution in [0.3, 0.4) is 0 Å². The van der Waals surface area contributed by atoms with Crippen molar-refractivity contribution < 1.29 is 14.0 Å². The molecule has 2 heterocycles. The van der Waals surface area contributed by atoms with Crippen LogP contribution < -0.4 is 15.1 Å². The Balaban J connectivity index is 1.88. The predicted octanol–water partition coefficient (Wildman–Crippen LogP) is 3.77. The summed E-state index contributed by atoms with van der Waals surface area (Å²) in [6.07, 6.45) is 3.37. The Morgan fingerprint density at radius 3 is 2.50 bits per heavy atom. The number of hydrogen-bond acceptors (Lipinski definition) is 4. The molecule has 0 radical (unpaired) electrons. The lowest BCUT2D eigenvalue weighted by Crippen LogP contribution is -2.43. The molecule has 0 spiro atoms. The molecule has 1 aromatic heterocycles. The zero-order valence-corrected chi connectivity index (χ0v) is 16.3. The van der Waals surface area contributed by atoms with Gasteiger partial charge in [0, 0.05) is 19.3 Å². The monoisotopic (exact) mass is 351 g/mol. The van der Waals surface area contributed by atoms with E-state index in [1.54, 1.807) is 12.3 Å². The summed E-state index contributed by atoms with van der Waals surface area (Å²) in [4.78, 5) is 16.3. The lowest BCUT2D eigenvalue weighted by Gasteiger charge is -2.36. The molecule has 2 N–H and O–H groups in total. The van der Waals surface area contributed by atoms with Gasteiger partial charge in [-0.15, -0.1) is 0 Å². The molecule has 1 aromatic rings. The molecule has 1 aliphatic heterocycles. The van der Waals surface area contributed by atoms with Gasteiger partial charge in [-0.3, -0.25) is 5.32 Å². The zero-order valence-electron chi connectivity index (χ0n) is 15.3. The van der Waals surface area contributed by atoms with Crippen LogP contribution in [0, 0.1) is 0 Å². The second-order valence-corrected chi connectivity index (χ2v) is 12.5. The number of anilines is 1. The number of hydrogen-bond donors (Lipinski definition) is 2. The van der Waals surface area contributed by atoms with Crippen molar-refractivity contribution in [1.82, 2.24) is 10.3 Å². The molecule has 24 heavy (non-hydrogen) atoms. The van der Waals surface area contributed by atoms with Gasteiger partial charge in [-0.05, 0) is 43.1 Å². The maximum atomic E-state index is 12.0. The summed E-state index contributed by atoms with van der Waals surface area (Å²) in [5.41, 5.74) is 0. The third kappa shape index (κ3) is 5.21. The number of ether oxygens (including phenoxy) is 1. The summed E-state index contributed by atoms with van der Waals surface area (Å²) in [6.45, 7) is 12.4. The number of carbonyl (C=O) groups is 1. The molecule has 134 valence electrons. The lowest BCUT2D eigenvalue weighted by molar-refractivity contribution is 0.0806. The van der Waals surface area contributed by atoms with Crippen LogP contribution in [-0.4, -0.2) is 38.6 Å². The first-order valence-electron chi connectivity index (χ1n) is 8.48. The summed E-state index contributed by atoms with van der Waals surface area (Å²) in [5.74, 6) is 1.26. The first kappa shape index (κ1) is 18.7. The maximum absolute atomic E-state index is 12.0. The highest BCUT2D eigenvalue weighted by atomic mass is 28.4. The topological polar surface area (TPSA) is 72.5 Å². The first-order valence-corrected chi connectivity index (χ1v) is 11.4. The second kappa shape index (κ2) is 7.52. The Morgan fingerprint density at radius 1 is 1.29 bits per heavy atom. The maximum Gasteiger partial charge on any atom is 0.320 e. The van der Waals surface area contributed by atoms with Crippen molar-refractivity contribution >= 4 is 20.2 Å². The summed E-state index contributed by atoms with van der Waals surface area (Å²) in [6, 6.07) is 3.57.